The fourth-order valence-corrected chi connectivity index (χ4v) is 3.67. The smallest absolute Gasteiger partial charge is 0.222 e. The molecule has 1 aliphatic heterocycles. The SMILES string of the molecule is NC(=NCCN1CCCC1=O)C(=C(N)c1cccc(F)c1)/C(Cl)=C(\N)c1ccccc1. The Morgan fingerprint density at radius 3 is 2.39 bits per heavy atom. The number of amides is 1. The summed E-state index contributed by atoms with van der Waals surface area (Å²) >= 11 is 6.64. The molecule has 1 fully saturated rings. The number of carbonyl (C=O) groups is 1. The van der Waals surface area contributed by atoms with E-state index in [0.29, 0.717) is 30.6 Å². The molecule has 6 nitrogen and oxygen atoms in total. The van der Waals surface area contributed by atoms with Crippen molar-refractivity contribution in [2.45, 2.75) is 12.8 Å². The summed E-state index contributed by atoms with van der Waals surface area (Å²) in [5.74, 6) is -0.272. The van der Waals surface area contributed by atoms with Crippen LogP contribution in [0.4, 0.5) is 4.39 Å². The molecule has 6 N–H and O–H groups in total. The molecule has 0 spiro atoms. The van der Waals surface area contributed by atoms with E-state index in [2.05, 4.69) is 4.99 Å². The summed E-state index contributed by atoms with van der Waals surface area (Å²) in [6, 6.07) is 14.9. The van der Waals surface area contributed by atoms with Crippen LogP contribution in [0.1, 0.15) is 24.0 Å². The molecule has 162 valence electrons. The third kappa shape index (κ3) is 5.44. The number of rotatable bonds is 7. The fraction of sp³-hybridized carbons (Fsp3) is 0.217. The second kappa shape index (κ2) is 10.1. The van der Waals surface area contributed by atoms with Gasteiger partial charge in [-0.25, -0.2) is 4.39 Å². The number of amidine groups is 1. The molecule has 0 aromatic heterocycles. The molecule has 0 radical (unpaired) electrons. The Balaban J connectivity index is 2.00. The highest BCUT2D eigenvalue weighted by atomic mass is 35.5. The molecule has 1 aliphatic rings. The lowest BCUT2D eigenvalue weighted by Gasteiger charge is -2.16. The van der Waals surface area contributed by atoms with E-state index in [1.807, 2.05) is 18.2 Å². The zero-order valence-electron chi connectivity index (χ0n) is 17.0. The van der Waals surface area contributed by atoms with Gasteiger partial charge in [-0.1, -0.05) is 54.1 Å². The van der Waals surface area contributed by atoms with Gasteiger partial charge < -0.3 is 22.1 Å². The molecule has 2 aromatic rings. The van der Waals surface area contributed by atoms with Crippen LogP contribution < -0.4 is 17.2 Å². The molecule has 0 aliphatic carbocycles. The highest BCUT2D eigenvalue weighted by molar-refractivity contribution is 6.39. The molecule has 2 aromatic carbocycles. The normalized spacial score (nSPS) is 16.3. The molecular formula is C23H25ClFN5O. The Kier molecular flexibility index (Phi) is 7.31. The maximum absolute atomic E-state index is 13.8. The fourth-order valence-electron chi connectivity index (χ4n) is 3.36. The molecular weight excluding hydrogens is 417 g/mol. The minimum Gasteiger partial charge on any atom is -0.398 e. The molecule has 0 atom stereocenters. The van der Waals surface area contributed by atoms with Crippen LogP contribution in [0.15, 0.2) is 70.2 Å². The summed E-state index contributed by atoms with van der Waals surface area (Å²) in [6.45, 7) is 1.44. The van der Waals surface area contributed by atoms with E-state index in [1.54, 1.807) is 29.2 Å². The van der Waals surface area contributed by atoms with Gasteiger partial charge in [-0.2, -0.15) is 0 Å². The van der Waals surface area contributed by atoms with Crippen molar-refractivity contribution in [1.29, 1.82) is 0 Å². The van der Waals surface area contributed by atoms with E-state index in [1.165, 1.54) is 12.1 Å². The highest BCUT2D eigenvalue weighted by Crippen LogP contribution is 2.28. The number of benzene rings is 2. The average Bonchev–Trinajstić information content (AvgIpc) is 3.18. The second-order valence-electron chi connectivity index (χ2n) is 7.14. The van der Waals surface area contributed by atoms with E-state index in [0.717, 1.165) is 6.42 Å². The van der Waals surface area contributed by atoms with Crippen LogP contribution in [0.25, 0.3) is 11.4 Å². The van der Waals surface area contributed by atoms with Gasteiger partial charge in [0.2, 0.25) is 5.91 Å². The van der Waals surface area contributed by atoms with E-state index in [4.69, 9.17) is 28.8 Å². The number of likely N-dealkylation sites (tertiary alicyclic amines) is 1. The van der Waals surface area contributed by atoms with Crippen LogP contribution in [0.5, 0.6) is 0 Å². The lowest BCUT2D eigenvalue weighted by atomic mass is 10.0. The molecule has 3 rings (SSSR count). The quantitative estimate of drug-likeness (QED) is 0.348. The largest absolute Gasteiger partial charge is 0.398 e. The lowest BCUT2D eigenvalue weighted by Crippen LogP contribution is -2.28. The molecule has 0 bridgehead atoms. The summed E-state index contributed by atoms with van der Waals surface area (Å²) in [4.78, 5) is 17.9. The number of hydrogen-bond donors (Lipinski definition) is 3. The first-order chi connectivity index (χ1) is 14.9. The maximum atomic E-state index is 13.8. The molecule has 1 heterocycles. The Bertz CT molecular complexity index is 1050. The first-order valence-corrected chi connectivity index (χ1v) is 10.3. The number of halogens is 2. The van der Waals surface area contributed by atoms with Gasteiger partial charge in [0.05, 0.1) is 28.5 Å². The van der Waals surface area contributed by atoms with E-state index in [-0.39, 0.29) is 40.3 Å². The molecule has 1 amide bonds. The van der Waals surface area contributed by atoms with E-state index < -0.39 is 5.82 Å². The second-order valence-corrected chi connectivity index (χ2v) is 7.52. The Hall–Kier alpha value is -3.32. The first kappa shape index (κ1) is 22.4. The van der Waals surface area contributed by atoms with Crippen molar-refractivity contribution in [3.05, 3.63) is 82.1 Å². The molecule has 31 heavy (non-hydrogen) atoms. The van der Waals surface area contributed by atoms with Gasteiger partial charge >= 0.3 is 0 Å². The molecule has 1 saturated heterocycles. The van der Waals surface area contributed by atoms with Gasteiger partial charge in [-0.05, 0) is 24.1 Å². The minimum atomic E-state index is -0.445. The van der Waals surface area contributed by atoms with Crippen molar-refractivity contribution >= 4 is 34.7 Å². The first-order valence-electron chi connectivity index (χ1n) is 9.93. The summed E-state index contributed by atoms with van der Waals surface area (Å²) in [5, 5.41) is 0.117. The Morgan fingerprint density at radius 1 is 1.03 bits per heavy atom. The third-order valence-corrected chi connectivity index (χ3v) is 5.42. The number of hydrogen-bond acceptors (Lipinski definition) is 4. The summed E-state index contributed by atoms with van der Waals surface area (Å²) in [5.41, 5.74) is 20.7. The summed E-state index contributed by atoms with van der Waals surface area (Å²) in [7, 11) is 0. The zero-order valence-corrected chi connectivity index (χ0v) is 17.8. The molecule has 0 saturated carbocycles. The number of carbonyl (C=O) groups excluding carboxylic acids is 1. The Morgan fingerprint density at radius 2 is 1.74 bits per heavy atom. The van der Waals surface area contributed by atoms with Crippen molar-refractivity contribution < 1.29 is 9.18 Å². The van der Waals surface area contributed by atoms with Gasteiger partial charge in [0.1, 0.15) is 11.7 Å². The number of aliphatic imine (C=N–C) groups is 1. The zero-order chi connectivity index (χ0) is 22.4. The predicted octanol–water partition coefficient (Wildman–Crippen LogP) is 3.04. The summed E-state index contributed by atoms with van der Waals surface area (Å²) < 4.78 is 13.8. The van der Waals surface area contributed by atoms with Crippen LogP contribution in [0, 0.1) is 5.82 Å². The number of nitrogens with two attached hydrogens (primary N) is 3. The van der Waals surface area contributed by atoms with Crippen molar-refractivity contribution in [3.63, 3.8) is 0 Å². The van der Waals surface area contributed by atoms with E-state index >= 15 is 0 Å². The molecule has 8 heteroatoms. The van der Waals surface area contributed by atoms with Gasteiger partial charge in [0.25, 0.3) is 0 Å². The van der Waals surface area contributed by atoms with Gasteiger partial charge in [-0.15, -0.1) is 0 Å². The topological polar surface area (TPSA) is 111 Å². The van der Waals surface area contributed by atoms with Crippen LogP contribution in [-0.4, -0.2) is 36.3 Å². The average molecular weight is 442 g/mol. The van der Waals surface area contributed by atoms with Crippen LogP contribution in [0.3, 0.4) is 0 Å². The lowest BCUT2D eigenvalue weighted by molar-refractivity contribution is -0.127. The third-order valence-electron chi connectivity index (χ3n) is 5.03. The van der Waals surface area contributed by atoms with Crippen molar-refractivity contribution in [2.24, 2.45) is 22.2 Å². The monoisotopic (exact) mass is 441 g/mol. The van der Waals surface area contributed by atoms with Gasteiger partial charge in [0.15, 0.2) is 0 Å². The highest BCUT2D eigenvalue weighted by Gasteiger charge is 2.21. The van der Waals surface area contributed by atoms with Crippen LogP contribution in [-0.2, 0) is 4.79 Å². The van der Waals surface area contributed by atoms with Crippen LogP contribution >= 0.6 is 11.6 Å². The molecule has 0 unspecified atom stereocenters. The van der Waals surface area contributed by atoms with Crippen LogP contribution in [0.2, 0.25) is 0 Å². The maximum Gasteiger partial charge on any atom is 0.222 e. The van der Waals surface area contributed by atoms with E-state index in [9.17, 15) is 9.18 Å². The van der Waals surface area contributed by atoms with Gasteiger partial charge in [-0.3, -0.25) is 9.79 Å². The minimum absolute atomic E-state index is 0.0669. The van der Waals surface area contributed by atoms with Crippen molar-refractivity contribution in [1.82, 2.24) is 4.90 Å². The van der Waals surface area contributed by atoms with Crippen molar-refractivity contribution in [3.8, 4) is 0 Å². The van der Waals surface area contributed by atoms with Crippen molar-refractivity contribution in [2.75, 3.05) is 19.6 Å². The summed E-state index contributed by atoms with van der Waals surface area (Å²) in [6.07, 6.45) is 1.40. The standard InChI is InChI=1S/C23H25ClFN5O/c24-20(22(27)15-6-2-1-3-7-15)19(21(26)16-8-4-9-17(25)14-16)23(28)29-11-13-30-12-5-10-18(30)31/h1-4,6-9,14H,5,10-13,26-27H2,(H2,28,29)/b21-19?,22-20+. The van der Waals surface area contributed by atoms with Gasteiger partial charge in [0, 0.05) is 25.1 Å². The Labute approximate surface area is 185 Å². The number of nitrogens with zero attached hydrogens (tertiary/aromatic N) is 2. The predicted molar refractivity (Wildman–Crippen MR) is 123 cm³/mol.